The normalized spacial score (nSPS) is 12.2. The minimum atomic E-state index is -3.90. The molecule has 0 spiro atoms. The van der Waals surface area contributed by atoms with Crippen molar-refractivity contribution < 1.29 is 8.42 Å². The molecular weight excluding hydrogens is 454 g/mol. The number of nitrogens with zero attached hydrogens (tertiary/aromatic N) is 4. The third-order valence-electron chi connectivity index (χ3n) is 5.52. The van der Waals surface area contributed by atoms with Gasteiger partial charge in [0.2, 0.25) is 14.9 Å². The van der Waals surface area contributed by atoms with Crippen LogP contribution in [0.4, 0.5) is 11.5 Å². The molecule has 0 amide bonds. The summed E-state index contributed by atoms with van der Waals surface area (Å²) >= 11 is 1.51. The molecule has 5 rings (SSSR count). The number of aromatic nitrogens is 4. The van der Waals surface area contributed by atoms with Gasteiger partial charge in [-0.1, -0.05) is 37.3 Å². The lowest BCUT2D eigenvalue weighted by atomic mass is 10.0. The van der Waals surface area contributed by atoms with Crippen LogP contribution in [0.2, 0.25) is 0 Å². The smallest absolute Gasteiger partial charge is 0.229 e. The second-order valence-electron chi connectivity index (χ2n) is 8.45. The van der Waals surface area contributed by atoms with Crippen LogP contribution in [0.15, 0.2) is 63.8 Å². The van der Waals surface area contributed by atoms with Gasteiger partial charge in [0.1, 0.15) is 0 Å². The fourth-order valence-electron chi connectivity index (χ4n) is 3.91. The summed E-state index contributed by atoms with van der Waals surface area (Å²) in [5, 5.41) is 13.3. The molecule has 0 atom stereocenters. The van der Waals surface area contributed by atoms with Gasteiger partial charge in [0.25, 0.3) is 0 Å². The Morgan fingerprint density at radius 1 is 1.00 bits per heavy atom. The van der Waals surface area contributed by atoms with Crippen LogP contribution in [0.3, 0.4) is 0 Å². The number of aryl methyl sites for hydroxylation is 2. The van der Waals surface area contributed by atoms with Crippen molar-refractivity contribution in [3.05, 3.63) is 70.6 Å². The van der Waals surface area contributed by atoms with Crippen molar-refractivity contribution in [1.29, 1.82) is 0 Å². The van der Waals surface area contributed by atoms with Crippen LogP contribution in [0.1, 0.15) is 36.5 Å². The maximum absolute atomic E-state index is 13.4. The summed E-state index contributed by atoms with van der Waals surface area (Å²) in [6.07, 6.45) is 0. The Balaban J connectivity index is 1.66. The van der Waals surface area contributed by atoms with E-state index < -0.39 is 9.84 Å². The predicted octanol–water partition coefficient (Wildman–Crippen LogP) is 5.66. The Labute approximate surface area is 196 Å². The molecule has 0 aliphatic rings. The average molecular weight is 478 g/mol. The molecule has 7 nitrogen and oxygen atoms in total. The highest BCUT2D eigenvalue weighted by molar-refractivity contribution is 7.91. The van der Waals surface area contributed by atoms with Gasteiger partial charge in [-0.25, -0.2) is 13.4 Å². The van der Waals surface area contributed by atoms with Gasteiger partial charge < -0.3 is 5.32 Å². The molecule has 0 saturated heterocycles. The van der Waals surface area contributed by atoms with E-state index >= 15 is 0 Å². The highest BCUT2D eigenvalue weighted by Crippen LogP contribution is 2.33. The fourth-order valence-corrected chi connectivity index (χ4v) is 5.96. The topological polar surface area (TPSA) is 89.2 Å². The molecule has 2 aromatic carbocycles. The van der Waals surface area contributed by atoms with Crippen molar-refractivity contribution in [3.63, 3.8) is 0 Å². The molecule has 0 radical (unpaired) electrons. The van der Waals surface area contributed by atoms with Gasteiger partial charge >= 0.3 is 0 Å². The summed E-state index contributed by atoms with van der Waals surface area (Å²) in [5.41, 5.74) is 5.15. The summed E-state index contributed by atoms with van der Waals surface area (Å²) < 4.78 is 29.3. The number of hydrogen-bond donors (Lipinski definition) is 1. The van der Waals surface area contributed by atoms with Gasteiger partial charge in [-0.05, 0) is 72.2 Å². The molecule has 168 valence electrons. The molecule has 0 unspecified atom stereocenters. The second-order valence-corrected chi connectivity index (χ2v) is 11.2. The van der Waals surface area contributed by atoms with E-state index in [1.807, 2.05) is 49.6 Å². The Morgan fingerprint density at radius 3 is 2.36 bits per heavy atom. The third-order valence-corrected chi connectivity index (χ3v) is 8.09. The maximum Gasteiger partial charge on any atom is 0.229 e. The quantitative estimate of drug-likeness (QED) is 0.352. The average Bonchev–Trinajstić information content (AvgIpc) is 3.40. The number of rotatable bonds is 5. The lowest BCUT2D eigenvalue weighted by Crippen LogP contribution is -2.05. The summed E-state index contributed by atoms with van der Waals surface area (Å²) in [6.45, 7) is 8.20. The molecule has 5 aromatic rings. The maximum atomic E-state index is 13.4. The number of nitrogens with one attached hydrogen (secondary N) is 1. The Morgan fingerprint density at radius 2 is 1.70 bits per heavy atom. The number of anilines is 2. The van der Waals surface area contributed by atoms with Gasteiger partial charge in [0, 0.05) is 5.69 Å². The first kappa shape index (κ1) is 21.5. The molecule has 0 saturated carbocycles. The molecule has 0 fully saturated rings. The van der Waals surface area contributed by atoms with E-state index in [4.69, 9.17) is 0 Å². The first-order valence-corrected chi connectivity index (χ1v) is 12.9. The Bertz CT molecular complexity index is 1580. The van der Waals surface area contributed by atoms with E-state index in [0.717, 1.165) is 32.6 Å². The molecule has 3 heterocycles. The van der Waals surface area contributed by atoms with E-state index in [-0.39, 0.29) is 15.6 Å². The lowest BCUT2D eigenvalue weighted by molar-refractivity contribution is 0.592. The molecule has 9 heteroatoms. The number of thiophene rings is 1. The Hall–Kier alpha value is -3.30. The summed E-state index contributed by atoms with van der Waals surface area (Å²) in [7, 11) is -3.90. The van der Waals surface area contributed by atoms with E-state index in [0.29, 0.717) is 11.7 Å². The zero-order chi connectivity index (χ0) is 23.3. The SMILES string of the molecule is Cc1cc(C)cc(Nc2nc3c(S(=O)(=O)c4ccc(C(C)C)cc4)nnn3c3ccsc23)c1. The van der Waals surface area contributed by atoms with Crippen molar-refractivity contribution in [2.75, 3.05) is 5.32 Å². The third kappa shape index (κ3) is 3.77. The van der Waals surface area contributed by atoms with E-state index in [1.165, 1.54) is 15.9 Å². The number of fused-ring (bicyclic) bond motifs is 3. The van der Waals surface area contributed by atoms with E-state index in [2.05, 4.69) is 40.5 Å². The molecule has 33 heavy (non-hydrogen) atoms. The molecule has 1 N–H and O–H groups in total. The molecule has 0 bridgehead atoms. The van der Waals surface area contributed by atoms with Gasteiger partial charge in [-0.2, -0.15) is 4.52 Å². The van der Waals surface area contributed by atoms with E-state index in [1.54, 1.807) is 12.1 Å². The van der Waals surface area contributed by atoms with Crippen LogP contribution in [0.5, 0.6) is 0 Å². The first-order valence-electron chi connectivity index (χ1n) is 10.6. The van der Waals surface area contributed by atoms with Gasteiger partial charge in [0.15, 0.2) is 11.5 Å². The zero-order valence-corrected chi connectivity index (χ0v) is 20.3. The predicted molar refractivity (Wildman–Crippen MR) is 131 cm³/mol. The summed E-state index contributed by atoms with van der Waals surface area (Å²) in [6, 6.07) is 15.0. The fraction of sp³-hybridized carbons (Fsp3) is 0.208. The van der Waals surface area contributed by atoms with Crippen LogP contribution in [-0.2, 0) is 9.84 Å². The van der Waals surface area contributed by atoms with Crippen LogP contribution in [-0.4, -0.2) is 28.2 Å². The van der Waals surface area contributed by atoms with Crippen molar-refractivity contribution in [2.24, 2.45) is 0 Å². The van der Waals surface area contributed by atoms with Crippen LogP contribution < -0.4 is 5.32 Å². The number of sulfone groups is 1. The van der Waals surface area contributed by atoms with Crippen molar-refractivity contribution in [2.45, 2.75) is 43.5 Å². The number of benzene rings is 2. The van der Waals surface area contributed by atoms with Gasteiger partial charge in [0.05, 0.1) is 15.1 Å². The molecule has 0 aliphatic carbocycles. The van der Waals surface area contributed by atoms with Gasteiger partial charge in [-0.3, -0.25) is 0 Å². The standard InChI is InChI=1S/C24H23N5O2S2/c1-14(2)17-5-7-19(8-6-17)33(30,31)24-23-26-22(25-18-12-15(3)11-16(4)13-18)21-20(9-10-32-21)29(23)28-27-24/h5-14H,1-4H3,(H,25,26). The van der Waals surface area contributed by atoms with Crippen molar-refractivity contribution >= 4 is 48.5 Å². The molecule has 0 aliphatic heterocycles. The van der Waals surface area contributed by atoms with Crippen molar-refractivity contribution in [1.82, 2.24) is 19.8 Å². The lowest BCUT2D eigenvalue weighted by Gasteiger charge is -2.10. The monoisotopic (exact) mass is 477 g/mol. The summed E-state index contributed by atoms with van der Waals surface area (Å²) in [4.78, 5) is 4.86. The zero-order valence-electron chi connectivity index (χ0n) is 18.7. The number of hydrogen-bond acceptors (Lipinski definition) is 7. The molecule has 3 aromatic heterocycles. The van der Waals surface area contributed by atoms with Crippen LogP contribution in [0.25, 0.3) is 15.9 Å². The minimum Gasteiger partial charge on any atom is -0.339 e. The molecular formula is C24H23N5O2S2. The largest absolute Gasteiger partial charge is 0.339 e. The van der Waals surface area contributed by atoms with Gasteiger partial charge in [-0.15, -0.1) is 16.4 Å². The van der Waals surface area contributed by atoms with Crippen LogP contribution >= 0.6 is 11.3 Å². The highest BCUT2D eigenvalue weighted by atomic mass is 32.2. The minimum absolute atomic E-state index is 0.156. The van der Waals surface area contributed by atoms with Crippen LogP contribution in [0, 0.1) is 13.8 Å². The Kier molecular flexibility index (Phi) is 5.18. The van der Waals surface area contributed by atoms with E-state index in [9.17, 15) is 8.42 Å². The highest BCUT2D eigenvalue weighted by Gasteiger charge is 2.27. The summed E-state index contributed by atoms with van der Waals surface area (Å²) in [5.74, 6) is 0.885. The second kappa shape index (κ2) is 7.93. The first-order chi connectivity index (χ1) is 15.7. The van der Waals surface area contributed by atoms with Crippen molar-refractivity contribution in [3.8, 4) is 0 Å².